The maximum absolute atomic E-state index is 12.2. The molecule has 132 valence electrons. The second kappa shape index (κ2) is 8.21. The Morgan fingerprint density at radius 2 is 1.96 bits per heavy atom. The number of piperidine rings is 1. The molecule has 0 bridgehead atoms. The topological polar surface area (TPSA) is 88.1 Å². The van der Waals surface area contributed by atoms with Crippen LogP contribution in [0.2, 0.25) is 0 Å². The highest BCUT2D eigenvalue weighted by Crippen LogP contribution is 2.32. The zero-order valence-corrected chi connectivity index (χ0v) is 14.0. The number of likely N-dealkylation sites (tertiary alicyclic amines) is 1. The second-order valence-corrected chi connectivity index (χ2v) is 5.73. The Morgan fingerprint density at radius 1 is 1.21 bits per heavy atom. The monoisotopic (exact) mass is 356 g/mol. The van der Waals surface area contributed by atoms with Crippen molar-refractivity contribution in [3.8, 4) is 11.5 Å². The molecule has 7 nitrogen and oxygen atoms in total. The highest BCUT2D eigenvalue weighted by molar-refractivity contribution is 5.93. The van der Waals surface area contributed by atoms with Crippen molar-refractivity contribution in [3.05, 3.63) is 18.2 Å². The molecule has 0 aromatic heterocycles. The van der Waals surface area contributed by atoms with Gasteiger partial charge in [0, 0.05) is 11.8 Å². The average Bonchev–Trinajstić information content (AvgIpc) is 2.55. The van der Waals surface area contributed by atoms with Gasteiger partial charge in [-0.25, -0.2) is 0 Å². The first-order valence-electron chi connectivity index (χ1n) is 7.80. The van der Waals surface area contributed by atoms with Crippen LogP contribution in [-0.4, -0.2) is 54.2 Å². The maximum atomic E-state index is 12.2. The molecule has 0 aliphatic carbocycles. The van der Waals surface area contributed by atoms with Crippen molar-refractivity contribution < 1.29 is 24.2 Å². The Kier molecular flexibility index (Phi) is 6.28. The van der Waals surface area contributed by atoms with Crippen molar-refractivity contribution in [2.75, 3.05) is 31.6 Å². The standard InChI is InChI=1S/C16H20N2O5.ClH/c19-15(10-18-6-2-1-3-12(18)16(20)21)17-11-4-5-13-14(9-11)23-8-7-22-13;/h4-5,9,12H,1-3,6-8,10H2,(H,17,19)(H,20,21);1H. The lowest BCUT2D eigenvalue weighted by atomic mass is 10.0. The number of carbonyl (C=O) groups is 2. The molecule has 1 atom stereocenters. The summed E-state index contributed by atoms with van der Waals surface area (Å²) in [6.07, 6.45) is 2.39. The molecule has 1 amide bonds. The molecule has 2 aliphatic heterocycles. The predicted molar refractivity (Wildman–Crippen MR) is 90.2 cm³/mol. The molecule has 0 radical (unpaired) electrons. The van der Waals surface area contributed by atoms with Gasteiger partial charge in [0.2, 0.25) is 5.91 Å². The first-order chi connectivity index (χ1) is 11.1. The number of rotatable bonds is 4. The Morgan fingerprint density at radius 3 is 2.71 bits per heavy atom. The number of carboxylic acid groups (broad SMARTS) is 1. The summed E-state index contributed by atoms with van der Waals surface area (Å²) in [5, 5.41) is 12.0. The number of nitrogens with zero attached hydrogens (tertiary/aromatic N) is 1. The molecule has 0 spiro atoms. The third-order valence-corrected chi connectivity index (χ3v) is 4.07. The van der Waals surface area contributed by atoms with Crippen LogP contribution in [0.3, 0.4) is 0 Å². The molecule has 1 aromatic carbocycles. The van der Waals surface area contributed by atoms with Gasteiger partial charge in [0.05, 0.1) is 6.54 Å². The molecule has 2 heterocycles. The van der Waals surface area contributed by atoms with Gasteiger partial charge in [0.25, 0.3) is 0 Å². The van der Waals surface area contributed by atoms with Gasteiger partial charge in [-0.3, -0.25) is 14.5 Å². The van der Waals surface area contributed by atoms with Crippen molar-refractivity contribution in [1.82, 2.24) is 4.90 Å². The predicted octanol–water partition coefficient (Wildman–Crippen LogP) is 1.76. The van der Waals surface area contributed by atoms with E-state index in [9.17, 15) is 14.7 Å². The molecular weight excluding hydrogens is 336 g/mol. The van der Waals surface area contributed by atoms with Gasteiger partial charge in [0.1, 0.15) is 19.3 Å². The number of fused-ring (bicyclic) bond motifs is 1. The molecule has 3 rings (SSSR count). The molecule has 1 saturated heterocycles. The second-order valence-electron chi connectivity index (χ2n) is 5.73. The van der Waals surface area contributed by atoms with Gasteiger partial charge >= 0.3 is 5.97 Å². The van der Waals surface area contributed by atoms with E-state index in [-0.39, 0.29) is 24.9 Å². The van der Waals surface area contributed by atoms with Crippen LogP contribution in [0.1, 0.15) is 19.3 Å². The van der Waals surface area contributed by atoms with Crippen LogP contribution in [0, 0.1) is 0 Å². The van der Waals surface area contributed by atoms with E-state index in [4.69, 9.17) is 9.47 Å². The summed E-state index contributed by atoms with van der Waals surface area (Å²) in [5.41, 5.74) is 0.614. The minimum atomic E-state index is -0.864. The Bertz CT molecular complexity index is 610. The molecule has 0 saturated carbocycles. The SMILES string of the molecule is Cl.O=C(CN1CCCCC1C(=O)O)Nc1ccc2c(c1)OCCO2. The van der Waals surface area contributed by atoms with Crippen molar-refractivity contribution in [2.45, 2.75) is 25.3 Å². The van der Waals surface area contributed by atoms with E-state index < -0.39 is 12.0 Å². The summed E-state index contributed by atoms with van der Waals surface area (Å²) < 4.78 is 10.9. The van der Waals surface area contributed by atoms with Gasteiger partial charge in [-0.1, -0.05) is 6.42 Å². The molecule has 1 unspecified atom stereocenters. The van der Waals surface area contributed by atoms with E-state index in [1.54, 1.807) is 23.1 Å². The lowest BCUT2D eigenvalue weighted by Crippen LogP contribution is -2.47. The van der Waals surface area contributed by atoms with E-state index in [1.807, 2.05) is 0 Å². The normalized spacial score (nSPS) is 19.9. The quantitative estimate of drug-likeness (QED) is 0.854. The Hall–Kier alpha value is -1.99. The Balaban J connectivity index is 0.00000208. The van der Waals surface area contributed by atoms with Crippen LogP contribution < -0.4 is 14.8 Å². The van der Waals surface area contributed by atoms with Crippen LogP contribution in [0.5, 0.6) is 11.5 Å². The number of hydrogen-bond acceptors (Lipinski definition) is 5. The lowest BCUT2D eigenvalue weighted by Gasteiger charge is -2.32. The molecule has 8 heteroatoms. The van der Waals surface area contributed by atoms with Crippen molar-refractivity contribution in [2.24, 2.45) is 0 Å². The number of anilines is 1. The fraction of sp³-hybridized carbons (Fsp3) is 0.500. The minimum absolute atomic E-state index is 0. The summed E-state index contributed by atoms with van der Waals surface area (Å²) in [6.45, 7) is 1.71. The van der Waals surface area contributed by atoms with E-state index in [2.05, 4.69) is 5.32 Å². The van der Waals surface area contributed by atoms with E-state index in [0.29, 0.717) is 43.4 Å². The van der Waals surface area contributed by atoms with Crippen molar-refractivity contribution >= 4 is 30.0 Å². The number of nitrogens with one attached hydrogen (secondary N) is 1. The van der Waals surface area contributed by atoms with Gasteiger partial charge in [-0.15, -0.1) is 12.4 Å². The van der Waals surface area contributed by atoms with Crippen LogP contribution in [0.25, 0.3) is 0 Å². The van der Waals surface area contributed by atoms with E-state index in [0.717, 1.165) is 12.8 Å². The lowest BCUT2D eigenvalue weighted by molar-refractivity contribution is -0.145. The summed E-state index contributed by atoms with van der Waals surface area (Å²) >= 11 is 0. The molecule has 2 N–H and O–H groups in total. The summed E-state index contributed by atoms with van der Waals surface area (Å²) in [6, 6.07) is 4.65. The van der Waals surface area contributed by atoms with Crippen molar-refractivity contribution in [1.29, 1.82) is 0 Å². The first-order valence-corrected chi connectivity index (χ1v) is 7.80. The van der Waals surface area contributed by atoms with Gasteiger partial charge in [-0.2, -0.15) is 0 Å². The summed E-state index contributed by atoms with van der Waals surface area (Å²) in [7, 11) is 0. The first kappa shape index (κ1) is 18.4. The van der Waals surface area contributed by atoms with Gasteiger partial charge in [-0.05, 0) is 31.5 Å². The third kappa shape index (κ3) is 4.30. The number of halogens is 1. The molecule has 1 aromatic rings. The minimum Gasteiger partial charge on any atom is -0.486 e. The highest BCUT2D eigenvalue weighted by Gasteiger charge is 2.29. The summed E-state index contributed by atoms with van der Waals surface area (Å²) in [4.78, 5) is 25.2. The number of carbonyl (C=O) groups excluding carboxylic acids is 1. The highest BCUT2D eigenvalue weighted by atomic mass is 35.5. The van der Waals surface area contributed by atoms with E-state index in [1.165, 1.54) is 0 Å². The van der Waals surface area contributed by atoms with Crippen LogP contribution in [0.4, 0.5) is 5.69 Å². The molecule has 1 fully saturated rings. The van der Waals surface area contributed by atoms with Crippen molar-refractivity contribution in [3.63, 3.8) is 0 Å². The van der Waals surface area contributed by atoms with Gasteiger partial charge in [0.15, 0.2) is 11.5 Å². The van der Waals surface area contributed by atoms with Gasteiger partial charge < -0.3 is 19.9 Å². The number of ether oxygens (including phenoxy) is 2. The van der Waals surface area contributed by atoms with Crippen LogP contribution in [-0.2, 0) is 9.59 Å². The third-order valence-electron chi connectivity index (χ3n) is 4.07. The average molecular weight is 357 g/mol. The number of amides is 1. The maximum Gasteiger partial charge on any atom is 0.320 e. The number of carboxylic acids is 1. The number of aliphatic carboxylic acids is 1. The van der Waals surface area contributed by atoms with Crippen LogP contribution >= 0.6 is 12.4 Å². The molecule has 2 aliphatic rings. The summed E-state index contributed by atoms with van der Waals surface area (Å²) in [5.74, 6) is 0.179. The number of hydrogen-bond donors (Lipinski definition) is 2. The Labute approximate surface area is 146 Å². The number of benzene rings is 1. The van der Waals surface area contributed by atoms with Crippen LogP contribution in [0.15, 0.2) is 18.2 Å². The smallest absolute Gasteiger partial charge is 0.320 e. The fourth-order valence-electron chi connectivity index (χ4n) is 2.97. The fourth-order valence-corrected chi connectivity index (χ4v) is 2.97. The zero-order chi connectivity index (χ0) is 16.2. The largest absolute Gasteiger partial charge is 0.486 e. The molecular formula is C16H21ClN2O5. The van der Waals surface area contributed by atoms with E-state index >= 15 is 0 Å². The zero-order valence-electron chi connectivity index (χ0n) is 13.2. The molecule has 24 heavy (non-hydrogen) atoms.